The van der Waals surface area contributed by atoms with Crippen LogP contribution in [0.2, 0.25) is 0 Å². The second-order valence-electron chi connectivity index (χ2n) is 3.95. The maximum atomic E-state index is 12.2. The van der Waals surface area contributed by atoms with Gasteiger partial charge in [-0.15, -0.1) is 11.3 Å². The number of nitrogens with one attached hydrogen (secondary N) is 1. The van der Waals surface area contributed by atoms with Gasteiger partial charge in [-0.05, 0) is 18.4 Å². The van der Waals surface area contributed by atoms with Crippen LogP contribution in [-0.2, 0) is 0 Å². The van der Waals surface area contributed by atoms with Gasteiger partial charge in [-0.1, -0.05) is 11.8 Å². The van der Waals surface area contributed by atoms with E-state index >= 15 is 0 Å². The fraction of sp³-hybridized carbons (Fsp3) is 0.214. The number of aryl methyl sites for hydroxylation is 1. The van der Waals surface area contributed by atoms with Crippen LogP contribution in [0.4, 0.5) is 5.95 Å². The van der Waals surface area contributed by atoms with E-state index in [9.17, 15) is 4.79 Å². The van der Waals surface area contributed by atoms with Gasteiger partial charge in [0.05, 0.1) is 7.11 Å². The molecule has 2 heterocycles. The highest BCUT2D eigenvalue weighted by molar-refractivity contribution is 7.12. The van der Waals surface area contributed by atoms with Gasteiger partial charge in [-0.25, -0.2) is 4.98 Å². The van der Waals surface area contributed by atoms with E-state index in [-0.39, 0.29) is 18.5 Å². The Morgan fingerprint density at radius 2 is 2.33 bits per heavy atom. The summed E-state index contributed by atoms with van der Waals surface area (Å²) in [5.41, 5.74) is 1.25. The van der Waals surface area contributed by atoms with Crippen LogP contribution in [0, 0.1) is 18.8 Å². The molecule has 0 aliphatic carbocycles. The molecule has 6 nitrogen and oxygen atoms in total. The predicted octanol–water partition coefficient (Wildman–Crippen LogP) is 1.45. The second-order valence-corrected chi connectivity index (χ2v) is 4.87. The zero-order valence-corrected chi connectivity index (χ0v) is 12.3. The van der Waals surface area contributed by atoms with Crippen molar-refractivity contribution in [2.24, 2.45) is 0 Å². The average Bonchev–Trinajstić information content (AvgIpc) is 2.92. The molecule has 0 fully saturated rings. The summed E-state index contributed by atoms with van der Waals surface area (Å²) in [5, 5.41) is 13.1. The van der Waals surface area contributed by atoms with Crippen LogP contribution < -0.4 is 10.1 Å². The first-order valence-corrected chi connectivity index (χ1v) is 6.90. The molecular formula is C14H13N3O3S. The number of ether oxygens (including phenoxy) is 1. The van der Waals surface area contributed by atoms with E-state index in [0.717, 1.165) is 0 Å². The van der Waals surface area contributed by atoms with E-state index < -0.39 is 0 Å². The smallest absolute Gasteiger partial charge is 0.269 e. The van der Waals surface area contributed by atoms with Gasteiger partial charge in [0.15, 0.2) is 0 Å². The first-order chi connectivity index (χ1) is 10.1. The summed E-state index contributed by atoms with van der Waals surface area (Å²) in [6.07, 6.45) is 0. The van der Waals surface area contributed by atoms with Crippen LogP contribution in [0.1, 0.15) is 20.9 Å². The molecule has 0 radical (unpaired) electrons. The molecule has 7 heteroatoms. The highest BCUT2D eigenvalue weighted by Gasteiger charge is 2.14. The topological polar surface area (TPSA) is 84.3 Å². The third-order valence-electron chi connectivity index (χ3n) is 2.44. The SMILES string of the molecule is COc1cc(C)nc(NC(=O)c2sccc2C#CCO)n1. The van der Waals surface area contributed by atoms with Gasteiger partial charge in [0.2, 0.25) is 11.8 Å². The molecule has 2 N–H and O–H groups in total. The Bertz CT molecular complexity index is 716. The Balaban J connectivity index is 2.22. The number of carbonyl (C=O) groups excluding carboxylic acids is 1. The molecule has 2 aromatic heterocycles. The predicted molar refractivity (Wildman–Crippen MR) is 79.6 cm³/mol. The summed E-state index contributed by atoms with van der Waals surface area (Å²) in [6, 6.07) is 3.39. The molecular weight excluding hydrogens is 290 g/mol. The molecule has 21 heavy (non-hydrogen) atoms. The van der Waals surface area contributed by atoms with Crippen molar-refractivity contribution >= 4 is 23.2 Å². The van der Waals surface area contributed by atoms with Crippen LogP contribution in [0.15, 0.2) is 17.5 Å². The number of aliphatic hydroxyl groups is 1. The molecule has 108 valence electrons. The number of carbonyl (C=O) groups is 1. The van der Waals surface area contributed by atoms with E-state index in [2.05, 4.69) is 27.1 Å². The lowest BCUT2D eigenvalue weighted by molar-refractivity contribution is 0.102. The maximum Gasteiger partial charge on any atom is 0.269 e. The molecule has 2 aromatic rings. The quantitative estimate of drug-likeness (QED) is 0.838. The lowest BCUT2D eigenvalue weighted by Crippen LogP contribution is -2.14. The molecule has 0 saturated carbocycles. The molecule has 0 atom stereocenters. The van der Waals surface area contributed by atoms with Gasteiger partial charge >= 0.3 is 0 Å². The van der Waals surface area contributed by atoms with Crippen molar-refractivity contribution in [1.82, 2.24) is 9.97 Å². The number of aliphatic hydroxyl groups excluding tert-OH is 1. The van der Waals surface area contributed by atoms with Crippen LogP contribution in [0.5, 0.6) is 5.88 Å². The van der Waals surface area contributed by atoms with E-state index in [4.69, 9.17) is 9.84 Å². The zero-order chi connectivity index (χ0) is 15.2. The van der Waals surface area contributed by atoms with Gasteiger partial charge in [0, 0.05) is 17.3 Å². The number of amides is 1. The van der Waals surface area contributed by atoms with E-state index in [0.29, 0.717) is 22.0 Å². The van der Waals surface area contributed by atoms with Gasteiger partial charge in [-0.2, -0.15) is 4.98 Å². The largest absolute Gasteiger partial charge is 0.481 e. The summed E-state index contributed by atoms with van der Waals surface area (Å²) >= 11 is 1.26. The fourth-order valence-electron chi connectivity index (χ4n) is 1.58. The molecule has 0 aliphatic rings. The normalized spacial score (nSPS) is 9.67. The molecule has 1 amide bonds. The highest BCUT2D eigenvalue weighted by Crippen LogP contribution is 2.18. The van der Waals surface area contributed by atoms with Gasteiger partial charge in [-0.3, -0.25) is 10.1 Å². The Morgan fingerprint density at radius 1 is 1.52 bits per heavy atom. The number of rotatable bonds is 3. The lowest BCUT2D eigenvalue weighted by Gasteiger charge is -2.06. The van der Waals surface area contributed by atoms with Crippen molar-refractivity contribution in [2.45, 2.75) is 6.92 Å². The first kappa shape index (κ1) is 15.0. The monoisotopic (exact) mass is 303 g/mol. The standard InChI is InChI=1S/C14H13N3O3S/c1-9-8-11(20-2)16-14(15-9)17-13(19)12-10(4-3-6-18)5-7-21-12/h5,7-8,18H,6H2,1-2H3,(H,15,16,17,19). The third kappa shape index (κ3) is 3.78. The van der Waals surface area contributed by atoms with Crippen molar-refractivity contribution in [3.8, 4) is 17.7 Å². The zero-order valence-electron chi connectivity index (χ0n) is 11.5. The number of methoxy groups -OCH3 is 1. The van der Waals surface area contributed by atoms with Gasteiger partial charge in [0.25, 0.3) is 5.91 Å². The number of hydrogen-bond acceptors (Lipinski definition) is 6. The Kier molecular flexibility index (Phi) is 4.87. The lowest BCUT2D eigenvalue weighted by atomic mass is 10.2. The summed E-state index contributed by atoms with van der Waals surface area (Å²) in [6.45, 7) is 1.53. The molecule has 0 aliphatic heterocycles. The Hall–Kier alpha value is -2.43. The third-order valence-corrected chi connectivity index (χ3v) is 3.35. The minimum atomic E-state index is -0.347. The van der Waals surface area contributed by atoms with Crippen molar-refractivity contribution in [3.63, 3.8) is 0 Å². The van der Waals surface area contributed by atoms with Gasteiger partial charge in [0.1, 0.15) is 11.5 Å². The van der Waals surface area contributed by atoms with Crippen LogP contribution >= 0.6 is 11.3 Å². The number of hydrogen-bond donors (Lipinski definition) is 2. The van der Waals surface area contributed by atoms with Crippen LogP contribution in [0.25, 0.3) is 0 Å². The first-order valence-electron chi connectivity index (χ1n) is 6.02. The van der Waals surface area contributed by atoms with Gasteiger partial charge < -0.3 is 9.84 Å². The minimum Gasteiger partial charge on any atom is -0.481 e. The molecule has 0 unspecified atom stereocenters. The highest BCUT2D eigenvalue weighted by atomic mass is 32.1. The fourth-order valence-corrected chi connectivity index (χ4v) is 2.32. The molecule has 0 saturated heterocycles. The minimum absolute atomic E-state index is 0.173. The van der Waals surface area contributed by atoms with Crippen molar-refractivity contribution in [3.05, 3.63) is 33.6 Å². The molecule has 0 spiro atoms. The Labute approximate surface area is 125 Å². The van der Waals surface area contributed by atoms with E-state index in [1.165, 1.54) is 18.4 Å². The van der Waals surface area contributed by atoms with Crippen molar-refractivity contribution in [2.75, 3.05) is 19.0 Å². The summed E-state index contributed by atoms with van der Waals surface area (Å²) in [5.74, 6) is 5.45. The number of aromatic nitrogens is 2. The summed E-state index contributed by atoms with van der Waals surface area (Å²) in [7, 11) is 1.50. The molecule has 0 bridgehead atoms. The Morgan fingerprint density at radius 3 is 3.05 bits per heavy atom. The average molecular weight is 303 g/mol. The summed E-state index contributed by atoms with van der Waals surface area (Å²) < 4.78 is 5.03. The second kappa shape index (κ2) is 6.83. The molecule has 0 aromatic carbocycles. The summed E-state index contributed by atoms with van der Waals surface area (Å²) in [4.78, 5) is 20.8. The number of anilines is 1. The van der Waals surface area contributed by atoms with E-state index in [1.807, 2.05) is 0 Å². The van der Waals surface area contributed by atoms with Crippen molar-refractivity contribution in [1.29, 1.82) is 0 Å². The van der Waals surface area contributed by atoms with Crippen molar-refractivity contribution < 1.29 is 14.6 Å². The number of nitrogens with zero attached hydrogens (tertiary/aromatic N) is 2. The van der Waals surface area contributed by atoms with E-state index in [1.54, 1.807) is 24.4 Å². The number of thiophene rings is 1. The van der Waals surface area contributed by atoms with Crippen LogP contribution in [-0.4, -0.2) is 34.7 Å². The molecule has 2 rings (SSSR count). The maximum absolute atomic E-state index is 12.2. The van der Waals surface area contributed by atoms with Crippen LogP contribution in [0.3, 0.4) is 0 Å².